The third kappa shape index (κ3) is 3.68. The molecule has 1 aromatic rings. The van der Waals surface area contributed by atoms with E-state index < -0.39 is 0 Å². The Kier molecular flexibility index (Phi) is 4.36. The molecule has 122 valence electrons. The molecule has 1 saturated carbocycles. The molecule has 2 atom stereocenters. The third-order valence-electron chi connectivity index (χ3n) is 5.50. The summed E-state index contributed by atoms with van der Waals surface area (Å²) in [6.45, 7) is 13.8. The Morgan fingerprint density at radius 3 is 2.39 bits per heavy atom. The van der Waals surface area contributed by atoms with Gasteiger partial charge in [0.05, 0.1) is 0 Å². The van der Waals surface area contributed by atoms with Crippen molar-refractivity contribution in [3.8, 4) is 0 Å². The smallest absolute Gasteiger partial charge is 0.00522 e. The van der Waals surface area contributed by atoms with Gasteiger partial charge in [-0.25, -0.2) is 0 Å². The Morgan fingerprint density at radius 2 is 1.83 bits per heavy atom. The average molecular weight is 306 g/mol. The van der Waals surface area contributed by atoms with Gasteiger partial charge in [-0.3, -0.25) is 0 Å². The Hall–Kier alpha value is -1.56. The fraction of sp³-hybridized carbons (Fsp3) is 0.478. The second-order valence-corrected chi connectivity index (χ2v) is 8.46. The highest BCUT2D eigenvalue weighted by Crippen LogP contribution is 2.48. The second-order valence-electron chi connectivity index (χ2n) is 8.46. The predicted octanol–water partition coefficient (Wildman–Crippen LogP) is 6.66. The van der Waals surface area contributed by atoms with E-state index in [0.717, 1.165) is 5.92 Å². The number of allylic oxidation sites excluding steroid dienone is 5. The number of benzene rings is 1. The molecule has 0 heteroatoms. The second kappa shape index (κ2) is 6.15. The van der Waals surface area contributed by atoms with E-state index in [9.17, 15) is 0 Å². The van der Waals surface area contributed by atoms with Crippen LogP contribution in [0.25, 0.3) is 5.57 Å². The van der Waals surface area contributed by atoms with Gasteiger partial charge in [0.2, 0.25) is 0 Å². The summed E-state index contributed by atoms with van der Waals surface area (Å²) in [6.07, 6.45) is 9.02. The SMILES string of the molecule is C=C(C(CC1CC1)C1C=C(c2ccccc2)C=C1C)C(C)(C)C. The Labute approximate surface area is 142 Å². The zero-order valence-electron chi connectivity index (χ0n) is 15.1. The molecular formula is C23H30. The van der Waals surface area contributed by atoms with Crippen LogP contribution in [0.2, 0.25) is 0 Å². The zero-order valence-corrected chi connectivity index (χ0v) is 15.1. The summed E-state index contributed by atoms with van der Waals surface area (Å²) in [5.41, 5.74) is 5.83. The summed E-state index contributed by atoms with van der Waals surface area (Å²) < 4.78 is 0. The molecule has 2 aliphatic carbocycles. The van der Waals surface area contributed by atoms with Crippen LogP contribution < -0.4 is 0 Å². The summed E-state index contributed by atoms with van der Waals surface area (Å²) in [6, 6.07) is 10.8. The molecule has 0 bridgehead atoms. The Bertz CT molecular complexity index is 632. The Morgan fingerprint density at radius 1 is 1.17 bits per heavy atom. The number of hydrogen-bond acceptors (Lipinski definition) is 0. The van der Waals surface area contributed by atoms with Gasteiger partial charge in [-0.05, 0) is 41.7 Å². The van der Waals surface area contributed by atoms with Crippen LogP contribution >= 0.6 is 0 Å². The van der Waals surface area contributed by atoms with Gasteiger partial charge < -0.3 is 0 Å². The quantitative estimate of drug-likeness (QED) is 0.533. The molecular weight excluding hydrogens is 276 g/mol. The van der Waals surface area contributed by atoms with Crippen LogP contribution in [0, 0.1) is 23.2 Å². The first kappa shape index (κ1) is 16.3. The van der Waals surface area contributed by atoms with Crippen molar-refractivity contribution in [1.29, 1.82) is 0 Å². The molecule has 1 fully saturated rings. The van der Waals surface area contributed by atoms with Crippen molar-refractivity contribution >= 4 is 5.57 Å². The van der Waals surface area contributed by atoms with Gasteiger partial charge in [0.25, 0.3) is 0 Å². The van der Waals surface area contributed by atoms with Crippen LogP contribution in [0.5, 0.6) is 0 Å². The monoisotopic (exact) mass is 306 g/mol. The van der Waals surface area contributed by atoms with E-state index in [4.69, 9.17) is 0 Å². The highest BCUT2D eigenvalue weighted by atomic mass is 14.4. The van der Waals surface area contributed by atoms with Gasteiger partial charge in [-0.1, -0.05) is 93.8 Å². The predicted molar refractivity (Wildman–Crippen MR) is 101 cm³/mol. The molecule has 0 radical (unpaired) electrons. The standard InChI is InChI=1S/C23H30/c1-16-13-20(19-9-7-6-8-10-19)15-21(16)22(14-18-11-12-18)17(2)23(3,4)5/h6-10,13,15,18,21-22H,2,11-12,14H2,1,3-5H3. The van der Waals surface area contributed by atoms with Crippen molar-refractivity contribution in [3.05, 3.63) is 65.8 Å². The molecule has 0 amide bonds. The molecule has 0 saturated heterocycles. The van der Waals surface area contributed by atoms with E-state index >= 15 is 0 Å². The lowest BCUT2D eigenvalue weighted by molar-refractivity contribution is 0.357. The van der Waals surface area contributed by atoms with E-state index in [1.54, 1.807) is 0 Å². The molecule has 2 unspecified atom stereocenters. The maximum atomic E-state index is 4.53. The van der Waals surface area contributed by atoms with Crippen LogP contribution in [0.4, 0.5) is 0 Å². The lowest BCUT2D eigenvalue weighted by Crippen LogP contribution is -2.23. The summed E-state index contributed by atoms with van der Waals surface area (Å²) in [4.78, 5) is 0. The van der Waals surface area contributed by atoms with E-state index in [1.165, 1.54) is 41.5 Å². The van der Waals surface area contributed by atoms with Gasteiger partial charge in [0.1, 0.15) is 0 Å². The lowest BCUT2D eigenvalue weighted by Gasteiger charge is -2.34. The van der Waals surface area contributed by atoms with Crippen LogP contribution in [0.1, 0.15) is 52.5 Å². The summed E-state index contributed by atoms with van der Waals surface area (Å²) in [5, 5.41) is 0. The molecule has 0 nitrogen and oxygen atoms in total. The normalized spacial score (nSPS) is 22.5. The van der Waals surface area contributed by atoms with Crippen LogP contribution in [0.15, 0.2) is 60.2 Å². The van der Waals surface area contributed by atoms with Gasteiger partial charge in [-0.2, -0.15) is 0 Å². The summed E-state index contributed by atoms with van der Waals surface area (Å²) in [7, 11) is 0. The highest BCUT2D eigenvalue weighted by molar-refractivity contribution is 5.78. The lowest BCUT2D eigenvalue weighted by atomic mass is 9.71. The molecule has 1 aromatic carbocycles. The average Bonchev–Trinajstić information content (AvgIpc) is 3.25. The van der Waals surface area contributed by atoms with E-state index in [-0.39, 0.29) is 5.41 Å². The molecule has 3 rings (SSSR count). The van der Waals surface area contributed by atoms with E-state index in [2.05, 4.69) is 76.8 Å². The van der Waals surface area contributed by atoms with Gasteiger partial charge in [-0.15, -0.1) is 0 Å². The van der Waals surface area contributed by atoms with Crippen LogP contribution in [0.3, 0.4) is 0 Å². The topological polar surface area (TPSA) is 0 Å². The first-order chi connectivity index (χ1) is 10.9. The maximum absolute atomic E-state index is 4.53. The van der Waals surface area contributed by atoms with Crippen molar-refractivity contribution in [2.75, 3.05) is 0 Å². The fourth-order valence-corrected chi connectivity index (χ4v) is 3.73. The van der Waals surface area contributed by atoms with Gasteiger partial charge in [0, 0.05) is 5.92 Å². The molecule has 2 aliphatic rings. The molecule has 0 N–H and O–H groups in total. The number of rotatable bonds is 5. The van der Waals surface area contributed by atoms with Gasteiger partial charge in [0.15, 0.2) is 0 Å². The third-order valence-corrected chi connectivity index (χ3v) is 5.50. The van der Waals surface area contributed by atoms with E-state index in [1.807, 2.05) is 0 Å². The van der Waals surface area contributed by atoms with E-state index in [0.29, 0.717) is 11.8 Å². The first-order valence-electron chi connectivity index (χ1n) is 9.01. The molecule has 0 heterocycles. The zero-order chi connectivity index (χ0) is 16.6. The summed E-state index contributed by atoms with van der Waals surface area (Å²) in [5.74, 6) is 2.04. The van der Waals surface area contributed by atoms with Crippen LogP contribution in [-0.2, 0) is 0 Å². The van der Waals surface area contributed by atoms with Crippen molar-refractivity contribution in [1.82, 2.24) is 0 Å². The van der Waals surface area contributed by atoms with Crippen molar-refractivity contribution in [2.45, 2.75) is 47.0 Å². The molecule has 23 heavy (non-hydrogen) atoms. The summed E-state index contributed by atoms with van der Waals surface area (Å²) >= 11 is 0. The molecule has 0 aromatic heterocycles. The van der Waals surface area contributed by atoms with Crippen LogP contribution in [-0.4, -0.2) is 0 Å². The fourth-order valence-electron chi connectivity index (χ4n) is 3.73. The first-order valence-corrected chi connectivity index (χ1v) is 9.01. The highest BCUT2D eigenvalue weighted by Gasteiger charge is 2.36. The van der Waals surface area contributed by atoms with Crippen molar-refractivity contribution < 1.29 is 0 Å². The van der Waals surface area contributed by atoms with Crippen molar-refractivity contribution in [3.63, 3.8) is 0 Å². The van der Waals surface area contributed by atoms with Crippen molar-refractivity contribution in [2.24, 2.45) is 23.2 Å². The minimum atomic E-state index is 0.184. The number of hydrogen-bond donors (Lipinski definition) is 0. The minimum absolute atomic E-state index is 0.184. The minimum Gasteiger partial charge on any atom is -0.0990 e. The molecule has 0 aliphatic heterocycles. The Balaban J connectivity index is 1.89. The maximum Gasteiger partial charge on any atom is 0.00522 e. The largest absolute Gasteiger partial charge is 0.0990 e. The molecule has 0 spiro atoms. The van der Waals surface area contributed by atoms with Gasteiger partial charge >= 0.3 is 0 Å².